The molecule has 1 aliphatic rings. The predicted molar refractivity (Wildman–Crippen MR) is 104 cm³/mol. The molecule has 31 heavy (non-hydrogen) atoms. The van der Waals surface area contributed by atoms with Crippen LogP contribution in [0, 0.1) is 21.8 Å². The van der Waals surface area contributed by atoms with Crippen LogP contribution >= 0.6 is 47.9 Å². The first-order chi connectivity index (χ1) is 14.0. The maximum absolute atomic E-state index is 11.8. The number of hydrogen-bond acceptors (Lipinski definition) is 11. The lowest BCUT2D eigenvalue weighted by Gasteiger charge is -2.26. The van der Waals surface area contributed by atoms with Crippen LogP contribution in [0.1, 0.15) is 6.23 Å². The Hall–Kier alpha value is -0.630. The highest BCUT2D eigenvalue weighted by molar-refractivity contribution is 7.72. The summed E-state index contributed by atoms with van der Waals surface area (Å²) in [4.78, 5) is 38.2. The van der Waals surface area contributed by atoms with Crippen LogP contribution in [0.4, 0.5) is 0 Å². The normalized spacial score (nSPS) is 30.3. The highest BCUT2D eigenvalue weighted by Crippen LogP contribution is 2.66. The van der Waals surface area contributed by atoms with E-state index in [0.29, 0.717) is 0 Å². The van der Waals surface area contributed by atoms with Gasteiger partial charge in [0.05, 0.1) is 6.61 Å². The minimum Gasteiger partial charge on any atom is -0.386 e. The molecule has 1 fully saturated rings. The highest BCUT2D eigenvalue weighted by atomic mass is 32.1. The molecule has 15 nitrogen and oxygen atoms in total. The van der Waals surface area contributed by atoms with E-state index >= 15 is 0 Å². The van der Waals surface area contributed by atoms with Gasteiger partial charge in [0.15, 0.2) is 16.6 Å². The van der Waals surface area contributed by atoms with Crippen LogP contribution in [-0.4, -0.2) is 63.8 Å². The Kier molecular flexibility index (Phi) is 8.00. The lowest BCUT2D eigenvalue weighted by atomic mass is 9.95. The SMILES string of the molecule is C#CC1(O)[C@@H](O)[C@@H](COP(=O)(O)OP(=O)(O)OP(=O)(O)O)O[C@H]1n1ccc(=S)[nH]c1=S. The van der Waals surface area contributed by atoms with Crippen molar-refractivity contribution < 1.29 is 61.4 Å². The van der Waals surface area contributed by atoms with Crippen LogP contribution in [0.3, 0.4) is 0 Å². The Morgan fingerprint density at radius 1 is 1.23 bits per heavy atom. The fourth-order valence-electron chi connectivity index (χ4n) is 2.42. The first-order valence-electron chi connectivity index (χ1n) is 7.63. The number of phosphoric ester groups is 1. The number of aromatic amines is 1. The van der Waals surface area contributed by atoms with Crippen LogP contribution in [0.5, 0.6) is 0 Å². The third-order valence-corrected chi connectivity index (χ3v) is 7.99. The molecular formula is C11H15N2O13P3S2. The lowest BCUT2D eigenvalue weighted by Crippen LogP contribution is -2.46. The van der Waals surface area contributed by atoms with E-state index in [0.717, 1.165) is 4.57 Å². The first-order valence-corrected chi connectivity index (χ1v) is 13.0. The number of aliphatic hydroxyl groups is 2. The van der Waals surface area contributed by atoms with Crippen LogP contribution in [0.25, 0.3) is 0 Å². The number of hydrogen-bond donors (Lipinski definition) is 7. The summed E-state index contributed by atoms with van der Waals surface area (Å²) >= 11 is 9.96. The monoisotopic (exact) mass is 540 g/mol. The van der Waals surface area contributed by atoms with E-state index in [2.05, 4.69) is 18.1 Å². The molecule has 0 bridgehead atoms. The summed E-state index contributed by atoms with van der Waals surface area (Å²) in [6, 6.07) is 1.37. The molecule has 1 saturated heterocycles. The summed E-state index contributed by atoms with van der Waals surface area (Å²) in [5.41, 5.74) is -2.40. The van der Waals surface area contributed by atoms with Gasteiger partial charge in [0.25, 0.3) is 0 Å². The zero-order chi connectivity index (χ0) is 23.8. The molecule has 0 spiro atoms. The Morgan fingerprint density at radius 3 is 2.35 bits per heavy atom. The summed E-state index contributed by atoms with van der Waals surface area (Å²) in [7, 11) is -16.8. The first kappa shape index (κ1) is 26.6. The van der Waals surface area contributed by atoms with Gasteiger partial charge < -0.3 is 39.5 Å². The Morgan fingerprint density at radius 2 is 1.84 bits per heavy atom. The number of phosphoric acid groups is 3. The molecule has 1 aliphatic heterocycles. The van der Waals surface area contributed by atoms with E-state index in [4.69, 9.17) is 50.3 Å². The zero-order valence-electron chi connectivity index (χ0n) is 14.8. The molecule has 2 heterocycles. The second kappa shape index (κ2) is 9.32. The Balaban J connectivity index is 2.19. The van der Waals surface area contributed by atoms with E-state index in [-0.39, 0.29) is 9.41 Å². The predicted octanol–water partition coefficient (Wildman–Crippen LogP) is 0.241. The summed E-state index contributed by atoms with van der Waals surface area (Å²) in [6.45, 7) is -1.04. The number of aromatic nitrogens is 2. The molecule has 0 aromatic carbocycles. The van der Waals surface area contributed by atoms with Crippen molar-refractivity contribution in [2.75, 3.05) is 6.61 Å². The second-order valence-electron chi connectivity index (χ2n) is 5.85. The second-order valence-corrected chi connectivity index (χ2v) is 11.1. The molecule has 7 N–H and O–H groups in total. The van der Waals surface area contributed by atoms with Crippen molar-refractivity contribution in [3.63, 3.8) is 0 Å². The van der Waals surface area contributed by atoms with Crippen molar-refractivity contribution in [2.45, 2.75) is 24.0 Å². The highest BCUT2D eigenvalue weighted by Gasteiger charge is 2.56. The van der Waals surface area contributed by atoms with E-state index < -0.39 is 54.1 Å². The third-order valence-electron chi connectivity index (χ3n) is 3.64. The summed E-state index contributed by atoms with van der Waals surface area (Å²) < 4.78 is 52.0. The molecule has 6 atom stereocenters. The van der Waals surface area contributed by atoms with Crippen LogP contribution in [0.15, 0.2) is 12.3 Å². The van der Waals surface area contributed by atoms with Crippen LogP contribution in [0.2, 0.25) is 0 Å². The molecule has 2 rings (SSSR count). The lowest BCUT2D eigenvalue weighted by molar-refractivity contribution is -0.0751. The van der Waals surface area contributed by atoms with Crippen LogP contribution in [-0.2, 0) is 31.6 Å². The minimum absolute atomic E-state index is 0.0492. The van der Waals surface area contributed by atoms with Gasteiger partial charge in [-0.25, -0.2) is 13.7 Å². The summed E-state index contributed by atoms with van der Waals surface area (Å²) in [5, 5.41) is 21.0. The van der Waals surface area contributed by atoms with Gasteiger partial charge in [-0.05, 0) is 18.3 Å². The molecule has 0 saturated carbocycles. The average molecular weight is 540 g/mol. The van der Waals surface area contributed by atoms with E-state index in [1.165, 1.54) is 12.3 Å². The van der Waals surface area contributed by atoms with Crippen molar-refractivity contribution in [1.29, 1.82) is 0 Å². The fourth-order valence-corrected chi connectivity index (χ4v) is 5.94. The molecule has 1 aromatic rings. The van der Waals surface area contributed by atoms with Crippen LogP contribution < -0.4 is 0 Å². The number of terminal acetylenes is 1. The number of aliphatic hydroxyl groups excluding tert-OH is 1. The van der Waals surface area contributed by atoms with Gasteiger partial charge in [-0.1, -0.05) is 18.1 Å². The molecule has 174 valence electrons. The van der Waals surface area contributed by atoms with E-state index in [9.17, 15) is 28.8 Å². The number of nitrogens with zero attached hydrogens (tertiary/aromatic N) is 1. The smallest absolute Gasteiger partial charge is 0.386 e. The zero-order valence-corrected chi connectivity index (χ0v) is 19.1. The number of rotatable bonds is 8. The molecule has 0 radical (unpaired) electrons. The standard InChI is InChI=1S/C11H15N2O13P3S2/c1-2-11(15)8(14)6(24-9(11)13-4-3-7(30)12-10(13)31)5-23-28(19,20)26-29(21,22)25-27(16,17)18/h1,3-4,6,8-9,14-15H,5H2,(H,19,20)(H,21,22)(H,12,30,31)(H2,16,17,18)/t6-,8+,9-,11?/m1/s1. The van der Waals surface area contributed by atoms with E-state index in [1.54, 1.807) is 0 Å². The molecular weight excluding hydrogens is 525 g/mol. The summed E-state index contributed by atoms with van der Waals surface area (Å²) in [5.74, 6) is 1.94. The van der Waals surface area contributed by atoms with Gasteiger partial charge in [-0.3, -0.25) is 9.09 Å². The van der Waals surface area contributed by atoms with Crippen molar-refractivity contribution in [3.8, 4) is 12.3 Å². The molecule has 0 aliphatic carbocycles. The van der Waals surface area contributed by atoms with Gasteiger partial charge in [-0.15, -0.1) is 6.42 Å². The molecule has 0 amide bonds. The minimum atomic E-state index is -5.73. The number of nitrogens with one attached hydrogen (secondary N) is 1. The maximum Gasteiger partial charge on any atom is 0.490 e. The summed E-state index contributed by atoms with van der Waals surface area (Å²) in [6.07, 6.45) is 1.58. The van der Waals surface area contributed by atoms with Crippen molar-refractivity contribution in [3.05, 3.63) is 21.7 Å². The molecule has 1 aromatic heterocycles. The van der Waals surface area contributed by atoms with Gasteiger partial charge in [0.1, 0.15) is 16.8 Å². The van der Waals surface area contributed by atoms with Crippen molar-refractivity contribution in [2.24, 2.45) is 0 Å². The van der Waals surface area contributed by atoms with Gasteiger partial charge >= 0.3 is 23.5 Å². The van der Waals surface area contributed by atoms with Crippen molar-refractivity contribution in [1.82, 2.24) is 9.55 Å². The quantitative estimate of drug-likeness (QED) is 0.133. The third kappa shape index (κ3) is 6.68. The average Bonchev–Trinajstić information content (AvgIpc) is 2.82. The van der Waals surface area contributed by atoms with Gasteiger partial charge in [-0.2, -0.15) is 8.62 Å². The topological polar surface area (TPSA) is 230 Å². The van der Waals surface area contributed by atoms with Gasteiger partial charge in [0, 0.05) is 6.20 Å². The molecule has 3 unspecified atom stereocenters. The van der Waals surface area contributed by atoms with Gasteiger partial charge in [0.2, 0.25) is 0 Å². The molecule has 20 heteroatoms. The Labute approximate surface area is 183 Å². The number of H-pyrrole nitrogens is 1. The number of ether oxygens (including phenoxy) is 1. The largest absolute Gasteiger partial charge is 0.490 e. The Bertz CT molecular complexity index is 1140. The fraction of sp³-hybridized carbons (Fsp3) is 0.455. The van der Waals surface area contributed by atoms with E-state index in [1.807, 2.05) is 5.92 Å². The maximum atomic E-state index is 11.8. The van der Waals surface area contributed by atoms with Crippen molar-refractivity contribution >= 4 is 47.9 Å².